The van der Waals surface area contributed by atoms with E-state index in [0.29, 0.717) is 0 Å². The number of carboxylic acids is 1. The summed E-state index contributed by atoms with van der Waals surface area (Å²) >= 11 is 0. The zero-order chi connectivity index (χ0) is 10.0. The molecular formula is C7H6F2N2O2. The molecule has 0 spiro atoms. The van der Waals surface area contributed by atoms with Gasteiger partial charge in [-0.3, -0.25) is 0 Å². The molecular weight excluding hydrogens is 182 g/mol. The Hall–Kier alpha value is -1.72. The number of carboxylic acid groups (broad SMARTS) is 1. The third kappa shape index (κ3) is 1.90. The summed E-state index contributed by atoms with van der Waals surface area (Å²) in [7, 11) is 0. The number of rotatable bonds is 2. The number of aromatic carboxylic acids is 1. The van der Waals surface area contributed by atoms with Gasteiger partial charge in [0.1, 0.15) is 11.4 Å². The molecule has 0 aromatic carbocycles. The second-order valence-electron chi connectivity index (χ2n) is 2.28. The quantitative estimate of drug-likeness (QED) is 0.733. The number of nitrogens with zero attached hydrogens (tertiary/aromatic N) is 1. The number of nitrogens with two attached hydrogens (primary N) is 1. The van der Waals surface area contributed by atoms with Crippen LogP contribution in [0.3, 0.4) is 0 Å². The first-order valence-electron chi connectivity index (χ1n) is 3.30. The molecule has 6 heteroatoms. The highest BCUT2D eigenvalue weighted by molar-refractivity contribution is 5.85. The Morgan fingerprint density at radius 3 is 2.62 bits per heavy atom. The monoisotopic (exact) mass is 188 g/mol. The average Bonchev–Trinajstić information content (AvgIpc) is 2.04. The van der Waals surface area contributed by atoms with Gasteiger partial charge in [0.15, 0.2) is 0 Å². The minimum absolute atomic E-state index is 0.208. The number of alkyl halides is 2. The predicted octanol–water partition coefficient (Wildman–Crippen LogP) is 1.30. The van der Waals surface area contributed by atoms with E-state index in [4.69, 9.17) is 10.8 Å². The van der Waals surface area contributed by atoms with Gasteiger partial charge in [0.05, 0.1) is 5.69 Å². The molecule has 13 heavy (non-hydrogen) atoms. The minimum atomic E-state index is -2.86. The number of halogens is 2. The maximum absolute atomic E-state index is 12.1. The number of hydrogen-bond acceptors (Lipinski definition) is 3. The number of carbonyl (C=O) groups is 1. The lowest BCUT2D eigenvalue weighted by molar-refractivity contribution is 0.0689. The van der Waals surface area contributed by atoms with Crippen molar-refractivity contribution in [1.29, 1.82) is 0 Å². The zero-order valence-electron chi connectivity index (χ0n) is 6.37. The molecule has 1 heterocycles. The molecule has 0 fully saturated rings. The number of anilines is 1. The van der Waals surface area contributed by atoms with E-state index in [1.165, 1.54) is 0 Å². The van der Waals surface area contributed by atoms with Crippen molar-refractivity contribution >= 4 is 11.7 Å². The van der Waals surface area contributed by atoms with Crippen LogP contribution in [0.1, 0.15) is 22.6 Å². The largest absolute Gasteiger partial charge is 0.477 e. The summed E-state index contributed by atoms with van der Waals surface area (Å²) in [5, 5.41) is 8.43. The van der Waals surface area contributed by atoms with Crippen LogP contribution in [-0.4, -0.2) is 16.1 Å². The van der Waals surface area contributed by atoms with Gasteiger partial charge in [-0.05, 0) is 12.1 Å². The lowest BCUT2D eigenvalue weighted by atomic mass is 10.2. The first kappa shape index (κ1) is 9.37. The van der Waals surface area contributed by atoms with Crippen molar-refractivity contribution in [3.63, 3.8) is 0 Å². The third-order valence-electron chi connectivity index (χ3n) is 1.38. The van der Waals surface area contributed by atoms with E-state index in [9.17, 15) is 13.6 Å². The molecule has 0 unspecified atom stereocenters. The summed E-state index contributed by atoms with van der Waals surface area (Å²) in [5.74, 6) is -1.36. The van der Waals surface area contributed by atoms with Gasteiger partial charge in [-0.25, -0.2) is 18.6 Å². The Bertz CT molecular complexity index is 341. The second-order valence-corrected chi connectivity index (χ2v) is 2.28. The Labute approximate surface area is 72.0 Å². The molecule has 70 valence electrons. The maximum Gasteiger partial charge on any atom is 0.354 e. The van der Waals surface area contributed by atoms with Gasteiger partial charge in [-0.1, -0.05) is 0 Å². The van der Waals surface area contributed by atoms with Crippen molar-refractivity contribution in [2.75, 3.05) is 5.73 Å². The van der Waals surface area contributed by atoms with Crippen LogP contribution in [0.4, 0.5) is 14.5 Å². The molecule has 0 saturated carbocycles. The van der Waals surface area contributed by atoms with Crippen LogP contribution >= 0.6 is 0 Å². The Balaban J connectivity index is 3.19. The van der Waals surface area contributed by atoms with E-state index < -0.39 is 23.8 Å². The van der Waals surface area contributed by atoms with Gasteiger partial charge in [-0.2, -0.15) is 0 Å². The summed E-state index contributed by atoms with van der Waals surface area (Å²) in [6, 6.07) is 2.17. The molecule has 4 nitrogen and oxygen atoms in total. The fourth-order valence-electron chi connectivity index (χ4n) is 0.780. The molecule has 0 aliphatic carbocycles. The molecule has 0 radical (unpaired) electrons. The molecule has 3 N–H and O–H groups in total. The molecule has 0 atom stereocenters. The van der Waals surface area contributed by atoms with Gasteiger partial charge in [0.2, 0.25) is 0 Å². The van der Waals surface area contributed by atoms with Crippen molar-refractivity contribution in [1.82, 2.24) is 4.98 Å². The van der Waals surface area contributed by atoms with E-state index >= 15 is 0 Å². The summed E-state index contributed by atoms with van der Waals surface area (Å²) < 4.78 is 24.3. The van der Waals surface area contributed by atoms with Gasteiger partial charge in [-0.15, -0.1) is 0 Å². The Kier molecular flexibility index (Phi) is 2.41. The Morgan fingerprint density at radius 1 is 1.54 bits per heavy atom. The van der Waals surface area contributed by atoms with Gasteiger partial charge in [0.25, 0.3) is 6.43 Å². The smallest absolute Gasteiger partial charge is 0.354 e. The van der Waals surface area contributed by atoms with Crippen molar-refractivity contribution in [3.8, 4) is 0 Å². The van der Waals surface area contributed by atoms with E-state index in [-0.39, 0.29) is 5.69 Å². The summed E-state index contributed by atoms with van der Waals surface area (Å²) in [5.41, 5.74) is 3.81. The first-order valence-corrected chi connectivity index (χ1v) is 3.30. The molecule has 1 aromatic rings. The number of pyridine rings is 1. The average molecular weight is 188 g/mol. The van der Waals surface area contributed by atoms with Gasteiger partial charge in [0, 0.05) is 0 Å². The fraction of sp³-hybridized carbons (Fsp3) is 0.143. The number of hydrogen-bond donors (Lipinski definition) is 2. The Morgan fingerprint density at radius 2 is 2.15 bits per heavy atom. The topological polar surface area (TPSA) is 76.2 Å². The molecule has 0 aliphatic rings. The zero-order valence-corrected chi connectivity index (χ0v) is 6.37. The van der Waals surface area contributed by atoms with E-state index in [1.54, 1.807) is 0 Å². The lowest BCUT2D eigenvalue weighted by Crippen LogP contribution is -2.06. The van der Waals surface area contributed by atoms with Crippen LogP contribution in [0.2, 0.25) is 0 Å². The first-order chi connectivity index (χ1) is 6.02. The number of nitrogen functional groups attached to an aromatic ring is 1. The normalized spacial score (nSPS) is 10.4. The molecule has 0 amide bonds. The SMILES string of the molecule is Nc1ccc(C(=O)O)nc1C(F)F. The predicted molar refractivity (Wildman–Crippen MR) is 40.6 cm³/mol. The van der Waals surface area contributed by atoms with Crippen molar-refractivity contribution in [2.24, 2.45) is 0 Å². The van der Waals surface area contributed by atoms with Crippen LogP contribution < -0.4 is 5.73 Å². The minimum Gasteiger partial charge on any atom is -0.477 e. The highest BCUT2D eigenvalue weighted by atomic mass is 19.3. The van der Waals surface area contributed by atoms with Crippen LogP contribution in [0.5, 0.6) is 0 Å². The molecule has 1 rings (SSSR count). The molecule has 0 aliphatic heterocycles. The summed E-state index contributed by atoms with van der Waals surface area (Å²) in [4.78, 5) is 13.5. The highest BCUT2D eigenvalue weighted by Crippen LogP contribution is 2.22. The maximum atomic E-state index is 12.1. The van der Waals surface area contributed by atoms with Gasteiger partial charge < -0.3 is 10.8 Å². The van der Waals surface area contributed by atoms with Crippen LogP contribution in [-0.2, 0) is 0 Å². The van der Waals surface area contributed by atoms with Crippen molar-refractivity contribution in [2.45, 2.75) is 6.43 Å². The van der Waals surface area contributed by atoms with E-state index in [2.05, 4.69) is 4.98 Å². The molecule has 1 aromatic heterocycles. The lowest BCUT2D eigenvalue weighted by Gasteiger charge is -2.03. The standard InChI is InChI=1S/C7H6F2N2O2/c8-6(9)5-3(10)1-2-4(11-5)7(12)13/h1-2,6H,10H2,(H,12,13). The van der Waals surface area contributed by atoms with E-state index in [0.717, 1.165) is 12.1 Å². The summed E-state index contributed by atoms with van der Waals surface area (Å²) in [6.07, 6.45) is -2.86. The highest BCUT2D eigenvalue weighted by Gasteiger charge is 2.15. The molecule has 0 bridgehead atoms. The van der Waals surface area contributed by atoms with Crippen molar-refractivity contribution in [3.05, 3.63) is 23.5 Å². The second kappa shape index (κ2) is 3.34. The third-order valence-corrected chi connectivity index (χ3v) is 1.38. The van der Waals surface area contributed by atoms with Crippen LogP contribution in [0.15, 0.2) is 12.1 Å². The van der Waals surface area contributed by atoms with E-state index in [1.807, 2.05) is 0 Å². The summed E-state index contributed by atoms with van der Waals surface area (Å²) in [6.45, 7) is 0. The van der Waals surface area contributed by atoms with Crippen LogP contribution in [0, 0.1) is 0 Å². The number of aromatic nitrogens is 1. The fourth-order valence-corrected chi connectivity index (χ4v) is 0.780. The molecule has 0 saturated heterocycles. The van der Waals surface area contributed by atoms with Gasteiger partial charge >= 0.3 is 5.97 Å². The van der Waals surface area contributed by atoms with Crippen LogP contribution in [0.25, 0.3) is 0 Å². The van der Waals surface area contributed by atoms with Crippen molar-refractivity contribution < 1.29 is 18.7 Å².